The lowest BCUT2D eigenvalue weighted by Crippen LogP contribution is -2.52. The summed E-state index contributed by atoms with van der Waals surface area (Å²) in [6.45, 7) is 1.18. The first kappa shape index (κ1) is 10.7. The third-order valence-corrected chi connectivity index (χ3v) is 3.54. The van der Waals surface area contributed by atoms with E-state index in [-0.39, 0.29) is 5.78 Å². The third-order valence-electron chi connectivity index (χ3n) is 2.76. The topological polar surface area (TPSA) is 65.2 Å². The molecule has 1 aromatic rings. The van der Waals surface area contributed by atoms with Crippen LogP contribution in [0.3, 0.4) is 0 Å². The summed E-state index contributed by atoms with van der Waals surface area (Å²) >= 11 is 1.50. The average molecular weight is 226 g/mol. The molecule has 15 heavy (non-hydrogen) atoms. The van der Waals surface area contributed by atoms with Crippen LogP contribution in [0.25, 0.3) is 0 Å². The van der Waals surface area contributed by atoms with Gasteiger partial charge in [-0.1, -0.05) is 0 Å². The number of aromatic nitrogens is 1. The van der Waals surface area contributed by atoms with Gasteiger partial charge in [-0.15, -0.1) is 11.3 Å². The molecule has 0 spiro atoms. The minimum absolute atomic E-state index is 0.107. The summed E-state index contributed by atoms with van der Waals surface area (Å²) in [5.74, 6) is 0.107. The number of nitrogens with two attached hydrogens (primary N) is 1. The second kappa shape index (κ2) is 4.38. The predicted molar refractivity (Wildman–Crippen MR) is 57.8 cm³/mol. The molecule has 2 N–H and O–H groups in total. The van der Waals surface area contributed by atoms with Crippen LogP contribution < -0.4 is 5.73 Å². The van der Waals surface area contributed by atoms with E-state index in [9.17, 15) is 4.79 Å². The summed E-state index contributed by atoms with van der Waals surface area (Å²) in [7, 11) is 0. The molecule has 0 bridgehead atoms. The van der Waals surface area contributed by atoms with E-state index in [2.05, 4.69) is 4.98 Å². The molecule has 2 rings (SSSR count). The number of hydrogen-bond acceptors (Lipinski definition) is 5. The van der Waals surface area contributed by atoms with Crippen LogP contribution in [0.2, 0.25) is 0 Å². The molecule has 0 radical (unpaired) electrons. The molecular weight excluding hydrogens is 212 g/mol. The summed E-state index contributed by atoms with van der Waals surface area (Å²) in [4.78, 5) is 16.9. The Bertz CT molecular complexity index is 331. The first-order valence-electron chi connectivity index (χ1n) is 4.98. The average Bonchev–Trinajstić information content (AvgIpc) is 2.71. The molecule has 0 amide bonds. The lowest BCUT2D eigenvalue weighted by Gasteiger charge is -2.31. The Balaban J connectivity index is 2.00. The Morgan fingerprint density at radius 3 is 2.93 bits per heavy atom. The Labute approximate surface area is 92.5 Å². The first-order chi connectivity index (χ1) is 7.21. The molecule has 5 heteroatoms. The van der Waals surface area contributed by atoms with Crippen molar-refractivity contribution < 1.29 is 9.53 Å². The molecule has 1 fully saturated rings. The number of thiazole rings is 1. The van der Waals surface area contributed by atoms with Crippen molar-refractivity contribution in [2.75, 3.05) is 13.2 Å². The fraction of sp³-hybridized carbons (Fsp3) is 0.600. The van der Waals surface area contributed by atoms with Gasteiger partial charge in [-0.3, -0.25) is 9.78 Å². The van der Waals surface area contributed by atoms with Gasteiger partial charge in [-0.05, 0) is 12.8 Å². The van der Waals surface area contributed by atoms with Gasteiger partial charge >= 0.3 is 0 Å². The fourth-order valence-electron chi connectivity index (χ4n) is 1.68. The Morgan fingerprint density at radius 2 is 2.33 bits per heavy atom. The Kier molecular flexibility index (Phi) is 3.14. The molecule has 0 aliphatic carbocycles. The van der Waals surface area contributed by atoms with E-state index in [4.69, 9.17) is 10.5 Å². The monoisotopic (exact) mass is 226 g/mol. The second-order valence-corrected chi connectivity index (χ2v) is 4.81. The second-order valence-electron chi connectivity index (χ2n) is 3.84. The van der Waals surface area contributed by atoms with Gasteiger partial charge in [0, 0.05) is 30.7 Å². The van der Waals surface area contributed by atoms with Crippen molar-refractivity contribution in [3.8, 4) is 0 Å². The summed E-state index contributed by atoms with van der Waals surface area (Å²) in [5, 5.41) is 0. The van der Waals surface area contributed by atoms with Gasteiger partial charge in [0.05, 0.1) is 11.0 Å². The van der Waals surface area contributed by atoms with E-state index in [1.165, 1.54) is 11.3 Å². The van der Waals surface area contributed by atoms with E-state index >= 15 is 0 Å². The maximum absolute atomic E-state index is 12.0. The zero-order valence-corrected chi connectivity index (χ0v) is 9.26. The molecule has 0 unspecified atom stereocenters. The third kappa shape index (κ3) is 2.42. The predicted octanol–water partition coefficient (Wildman–Crippen LogP) is 0.763. The van der Waals surface area contributed by atoms with Crippen molar-refractivity contribution >= 4 is 17.1 Å². The minimum Gasteiger partial charge on any atom is -0.381 e. The lowest BCUT2D eigenvalue weighted by molar-refractivity contribution is -0.126. The molecular formula is C10H14N2O2S. The number of carbonyl (C=O) groups excluding carboxylic acids is 1. The Hall–Kier alpha value is -0.780. The van der Waals surface area contributed by atoms with Gasteiger partial charge in [0.1, 0.15) is 0 Å². The van der Waals surface area contributed by atoms with Gasteiger partial charge < -0.3 is 10.5 Å². The number of ether oxygens (including phenoxy) is 1. The standard InChI is InChI=1S/C10H14N2O2S/c11-10(1-3-14-4-2-10)9(13)5-8-6-12-7-15-8/h6-7H,1-5,11H2. The summed E-state index contributed by atoms with van der Waals surface area (Å²) in [6.07, 6.45) is 3.39. The van der Waals surface area contributed by atoms with Crippen LogP contribution in [-0.2, 0) is 16.0 Å². The highest BCUT2D eigenvalue weighted by Crippen LogP contribution is 2.21. The minimum atomic E-state index is -0.678. The van der Waals surface area contributed by atoms with Gasteiger partial charge in [0.15, 0.2) is 5.78 Å². The van der Waals surface area contributed by atoms with Crippen molar-refractivity contribution in [3.63, 3.8) is 0 Å². The van der Waals surface area contributed by atoms with E-state index in [1.54, 1.807) is 11.7 Å². The molecule has 82 valence electrons. The highest BCUT2D eigenvalue weighted by Gasteiger charge is 2.35. The van der Waals surface area contributed by atoms with Crippen molar-refractivity contribution in [1.82, 2.24) is 4.98 Å². The van der Waals surface area contributed by atoms with Crippen LogP contribution in [0, 0.1) is 0 Å². The number of ketones is 1. The maximum atomic E-state index is 12.0. The van der Waals surface area contributed by atoms with Crippen LogP contribution in [0.1, 0.15) is 17.7 Å². The van der Waals surface area contributed by atoms with Crippen molar-refractivity contribution in [2.24, 2.45) is 5.73 Å². The molecule has 1 aliphatic rings. The number of nitrogens with zero attached hydrogens (tertiary/aromatic N) is 1. The zero-order valence-electron chi connectivity index (χ0n) is 8.44. The van der Waals surface area contributed by atoms with E-state index in [1.807, 2.05) is 0 Å². The highest BCUT2D eigenvalue weighted by atomic mass is 32.1. The SMILES string of the molecule is NC1(C(=O)Cc2cncs2)CCOCC1. The van der Waals surface area contributed by atoms with Gasteiger partial charge in [0.2, 0.25) is 0 Å². The summed E-state index contributed by atoms with van der Waals surface area (Å²) in [5.41, 5.74) is 7.13. The number of hydrogen-bond donors (Lipinski definition) is 1. The van der Waals surface area contributed by atoms with Crippen LogP contribution in [-0.4, -0.2) is 29.5 Å². The normalized spacial score (nSPS) is 20.1. The van der Waals surface area contributed by atoms with Crippen LogP contribution in [0.5, 0.6) is 0 Å². The summed E-state index contributed by atoms with van der Waals surface area (Å²) < 4.78 is 5.21. The van der Waals surface area contributed by atoms with Gasteiger partial charge in [-0.25, -0.2) is 0 Å². The van der Waals surface area contributed by atoms with Gasteiger partial charge in [0.25, 0.3) is 0 Å². The van der Waals surface area contributed by atoms with E-state index < -0.39 is 5.54 Å². The maximum Gasteiger partial charge on any atom is 0.158 e. The smallest absolute Gasteiger partial charge is 0.158 e. The Morgan fingerprint density at radius 1 is 1.60 bits per heavy atom. The number of Topliss-reactive ketones (excluding diaryl/α,β-unsaturated/α-hetero) is 1. The number of carbonyl (C=O) groups is 1. The number of rotatable bonds is 3. The molecule has 4 nitrogen and oxygen atoms in total. The highest BCUT2D eigenvalue weighted by molar-refractivity contribution is 7.09. The molecule has 1 aromatic heterocycles. The largest absolute Gasteiger partial charge is 0.381 e. The molecule has 0 aromatic carbocycles. The molecule has 0 atom stereocenters. The lowest BCUT2D eigenvalue weighted by atomic mass is 9.85. The molecule has 0 saturated carbocycles. The van der Waals surface area contributed by atoms with E-state index in [0.717, 1.165) is 4.88 Å². The van der Waals surface area contributed by atoms with E-state index in [0.29, 0.717) is 32.5 Å². The quantitative estimate of drug-likeness (QED) is 0.826. The van der Waals surface area contributed by atoms with Crippen LogP contribution in [0.15, 0.2) is 11.7 Å². The van der Waals surface area contributed by atoms with Crippen LogP contribution >= 0.6 is 11.3 Å². The molecule has 1 saturated heterocycles. The zero-order chi connectivity index (χ0) is 10.7. The molecule has 1 aliphatic heterocycles. The van der Waals surface area contributed by atoms with Crippen LogP contribution in [0.4, 0.5) is 0 Å². The van der Waals surface area contributed by atoms with Gasteiger partial charge in [-0.2, -0.15) is 0 Å². The van der Waals surface area contributed by atoms with Crippen molar-refractivity contribution in [1.29, 1.82) is 0 Å². The van der Waals surface area contributed by atoms with Crippen molar-refractivity contribution in [2.45, 2.75) is 24.8 Å². The first-order valence-corrected chi connectivity index (χ1v) is 5.86. The van der Waals surface area contributed by atoms with Crippen molar-refractivity contribution in [3.05, 3.63) is 16.6 Å². The molecule has 2 heterocycles. The summed E-state index contributed by atoms with van der Waals surface area (Å²) in [6, 6.07) is 0. The fourth-order valence-corrected chi connectivity index (χ4v) is 2.27.